The first kappa shape index (κ1) is 20.6. The third kappa shape index (κ3) is 7.45. The first-order valence-corrected chi connectivity index (χ1v) is 8.51. The van der Waals surface area contributed by atoms with Gasteiger partial charge in [0, 0.05) is 23.1 Å². The summed E-state index contributed by atoms with van der Waals surface area (Å²) in [6.45, 7) is 0.0496. The van der Waals surface area contributed by atoms with Crippen molar-refractivity contribution in [1.29, 1.82) is 0 Å². The second-order valence-electron chi connectivity index (χ2n) is 5.00. The van der Waals surface area contributed by atoms with Gasteiger partial charge >= 0.3 is 0 Å². The molecule has 132 valence electrons. The summed E-state index contributed by atoms with van der Waals surface area (Å²) < 4.78 is 48.2. The topological polar surface area (TPSA) is 20.2 Å². The van der Waals surface area contributed by atoms with Crippen molar-refractivity contribution >= 4 is 15.9 Å². The van der Waals surface area contributed by atoms with Gasteiger partial charge in [0.15, 0.2) is 0 Å². The van der Waals surface area contributed by atoms with Crippen LogP contribution in [0.2, 0.25) is 0 Å². The number of aliphatic hydroxyl groups excluding tert-OH is 1. The lowest BCUT2D eigenvalue weighted by molar-refractivity contribution is 0.151. The zero-order valence-corrected chi connectivity index (χ0v) is 14.5. The zero-order chi connectivity index (χ0) is 17.9. The molecule has 0 bridgehead atoms. The molecule has 0 radical (unpaired) electrons. The highest BCUT2D eigenvalue weighted by Gasteiger charge is 2.05. The number of aryl methyl sites for hydroxylation is 1. The van der Waals surface area contributed by atoms with Gasteiger partial charge in [-0.25, -0.2) is 17.6 Å². The predicted octanol–water partition coefficient (Wildman–Crippen LogP) is 5.72. The molecule has 0 aromatic heterocycles. The molecule has 2 rings (SSSR count). The summed E-state index contributed by atoms with van der Waals surface area (Å²) in [7, 11) is 0. The van der Waals surface area contributed by atoms with Crippen LogP contribution in [-0.2, 0) is 12.8 Å². The minimum Gasteiger partial charge on any atom is -0.396 e. The van der Waals surface area contributed by atoms with Gasteiger partial charge in [-0.15, -0.1) is 0 Å². The Morgan fingerprint density at radius 3 is 1.38 bits per heavy atom. The Morgan fingerprint density at radius 1 is 0.708 bits per heavy atom. The summed E-state index contributed by atoms with van der Waals surface area (Å²) in [6.07, 6.45) is -3.37. The monoisotopic (exact) mass is 406 g/mol. The maximum atomic E-state index is 12.1. The van der Waals surface area contributed by atoms with E-state index in [4.69, 9.17) is 5.11 Å². The van der Waals surface area contributed by atoms with Crippen LogP contribution in [0.5, 0.6) is 0 Å². The van der Waals surface area contributed by atoms with Crippen molar-refractivity contribution in [2.45, 2.75) is 25.7 Å². The Kier molecular flexibility index (Phi) is 9.64. The number of rotatable bonds is 6. The van der Waals surface area contributed by atoms with E-state index < -0.39 is 12.9 Å². The molecule has 0 aliphatic rings. The molecule has 1 N–H and O–H groups in total. The second kappa shape index (κ2) is 11.2. The maximum Gasteiger partial charge on any atom is 0.263 e. The molecular weight excluding hydrogens is 388 g/mol. The van der Waals surface area contributed by atoms with Crippen molar-refractivity contribution in [2.75, 3.05) is 11.9 Å². The molecule has 0 saturated heterocycles. The van der Waals surface area contributed by atoms with Crippen molar-refractivity contribution in [3.8, 4) is 0 Å². The minimum absolute atomic E-state index is 0.0247. The Labute approximate surface area is 147 Å². The molecule has 0 amide bonds. The standard InChI is InChI=1S/C9H9BrF2.C9H10F2O/c10-6-5-7-1-3-8(4-2-7)9(11)12;10-9(11)8-3-1-7(2-4-8)5-6-12/h1-4,9H,5-6H2;1-4,9,12H,5-6H2. The molecule has 0 heterocycles. The first-order chi connectivity index (χ1) is 11.5. The van der Waals surface area contributed by atoms with Crippen LogP contribution in [0, 0.1) is 0 Å². The summed E-state index contributed by atoms with van der Waals surface area (Å²) >= 11 is 3.29. The molecule has 0 aliphatic heterocycles. The van der Waals surface area contributed by atoms with E-state index in [0.29, 0.717) is 6.42 Å². The van der Waals surface area contributed by atoms with E-state index in [1.54, 1.807) is 24.3 Å². The molecule has 2 aromatic carbocycles. The lowest BCUT2D eigenvalue weighted by Gasteiger charge is -2.00. The molecular formula is C18H19BrF4O. The summed E-state index contributed by atoms with van der Waals surface area (Å²) in [5, 5.41) is 9.41. The van der Waals surface area contributed by atoms with Crippen LogP contribution < -0.4 is 0 Å². The average molecular weight is 407 g/mol. The molecule has 6 heteroatoms. The molecule has 24 heavy (non-hydrogen) atoms. The molecule has 0 fully saturated rings. The number of hydrogen-bond donors (Lipinski definition) is 1. The van der Waals surface area contributed by atoms with Gasteiger partial charge in [0.25, 0.3) is 12.9 Å². The SMILES string of the molecule is FC(F)c1ccc(CCBr)cc1.OCCc1ccc(C(F)F)cc1. The highest BCUT2D eigenvalue weighted by molar-refractivity contribution is 9.09. The van der Waals surface area contributed by atoms with Crippen molar-refractivity contribution in [2.24, 2.45) is 0 Å². The summed E-state index contributed by atoms with van der Waals surface area (Å²) in [5.41, 5.74) is 2.07. The van der Waals surface area contributed by atoms with Crippen LogP contribution in [0.15, 0.2) is 48.5 Å². The van der Waals surface area contributed by atoms with E-state index in [1.807, 2.05) is 0 Å². The Balaban J connectivity index is 0.000000240. The van der Waals surface area contributed by atoms with E-state index in [2.05, 4.69) is 15.9 Å². The number of aliphatic hydroxyl groups is 1. The van der Waals surface area contributed by atoms with Gasteiger partial charge in [0.1, 0.15) is 0 Å². The fourth-order valence-corrected chi connectivity index (χ4v) is 2.36. The second-order valence-corrected chi connectivity index (χ2v) is 5.79. The Morgan fingerprint density at radius 2 is 1.08 bits per heavy atom. The lowest BCUT2D eigenvalue weighted by Crippen LogP contribution is -1.91. The van der Waals surface area contributed by atoms with Crippen LogP contribution in [0.1, 0.15) is 35.1 Å². The lowest BCUT2D eigenvalue weighted by atomic mass is 10.1. The van der Waals surface area contributed by atoms with Gasteiger partial charge in [-0.05, 0) is 24.0 Å². The van der Waals surface area contributed by atoms with Crippen LogP contribution in [0.25, 0.3) is 0 Å². The molecule has 0 spiro atoms. The molecule has 2 aromatic rings. The molecule has 0 atom stereocenters. The highest BCUT2D eigenvalue weighted by atomic mass is 79.9. The molecule has 0 unspecified atom stereocenters. The van der Waals surface area contributed by atoms with E-state index in [9.17, 15) is 17.6 Å². The fourth-order valence-electron chi connectivity index (χ4n) is 1.90. The zero-order valence-electron chi connectivity index (χ0n) is 12.9. The first-order valence-electron chi connectivity index (χ1n) is 7.38. The van der Waals surface area contributed by atoms with Gasteiger partial charge in [-0.3, -0.25) is 0 Å². The largest absolute Gasteiger partial charge is 0.396 e. The van der Waals surface area contributed by atoms with Gasteiger partial charge < -0.3 is 5.11 Å². The van der Waals surface area contributed by atoms with Crippen molar-refractivity contribution in [1.82, 2.24) is 0 Å². The molecule has 0 aliphatic carbocycles. The average Bonchev–Trinajstić information content (AvgIpc) is 2.57. The van der Waals surface area contributed by atoms with Crippen LogP contribution in [-0.4, -0.2) is 17.0 Å². The van der Waals surface area contributed by atoms with Crippen LogP contribution in [0.3, 0.4) is 0 Å². The third-order valence-electron chi connectivity index (χ3n) is 3.25. The minimum atomic E-state index is -2.41. The number of halogens is 5. The summed E-state index contributed by atoms with van der Waals surface area (Å²) in [5.74, 6) is 0. The Bertz CT molecular complexity index is 517. The van der Waals surface area contributed by atoms with E-state index >= 15 is 0 Å². The third-order valence-corrected chi connectivity index (χ3v) is 3.64. The number of benzene rings is 2. The van der Waals surface area contributed by atoms with Crippen LogP contribution in [0.4, 0.5) is 17.6 Å². The fraction of sp³-hybridized carbons (Fsp3) is 0.333. The van der Waals surface area contributed by atoms with Crippen molar-refractivity contribution < 1.29 is 22.7 Å². The van der Waals surface area contributed by atoms with Crippen molar-refractivity contribution in [3.63, 3.8) is 0 Å². The maximum absolute atomic E-state index is 12.1. The number of hydrogen-bond acceptors (Lipinski definition) is 1. The highest BCUT2D eigenvalue weighted by Crippen LogP contribution is 2.19. The van der Waals surface area contributed by atoms with Gasteiger partial charge in [0.05, 0.1) is 0 Å². The molecule has 0 saturated carbocycles. The Hall–Kier alpha value is -1.40. The summed E-state index contributed by atoms with van der Waals surface area (Å²) in [6, 6.07) is 12.4. The predicted molar refractivity (Wildman–Crippen MR) is 91.1 cm³/mol. The van der Waals surface area contributed by atoms with E-state index in [0.717, 1.165) is 22.9 Å². The van der Waals surface area contributed by atoms with E-state index in [1.165, 1.54) is 24.3 Å². The van der Waals surface area contributed by atoms with Crippen molar-refractivity contribution in [3.05, 3.63) is 70.8 Å². The van der Waals surface area contributed by atoms with Gasteiger partial charge in [0.2, 0.25) is 0 Å². The van der Waals surface area contributed by atoms with E-state index in [-0.39, 0.29) is 17.7 Å². The quantitative estimate of drug-likeness (QED) is 0.480. The smallest absolute Gasteiger partial charge is 0.263 e. The van der Waals surface area contributed by atoms with Gasteiger partial charge in [-0.2, -0.15) is 0 Å². The normalized spacial score (nSPS) is 10.7. The number of alkyl halides is 5. The summed E-state index contributed by atoms with van der Waals surface area (Å²) in [4.78, 5) is 0. The van der Waals surface area contributed by atoms with Gasteiger partial charge in [-0.1, -0.05) is 64.5 Å². The molecule has 1 nitrogen and oxygen atoms in total. The van der Waals surface area contributed by atoms with Crippen LogP contribution >= 0.6 is 15.9 Å².